The van der Waals surface area contributed by atoms with Gasteiger partial charge in [0.15, 0.2) is 0 Å². The van der Waals surface area contributed by atoms with Gasteiger partial charge in [-0.3, -0.25) is 4.79 Å². The number of nitrogens with zero attached hydrogens (tertiary/aromatic N) is 1. The van der Waals surface area contributed by atoms with Gasteiger partial charge < -0.3 is 9.64 Å². The lowest BCUT2D eigenvalue weighted by atomic mass is 9.81. The molecule has 1 amide bonds. The Morgan fingerprint density at radius 3 is 2.48 bits per heavy atom. The molecule has 5 rings (SSSR count). The first-order valence-electron chi connectivity index (χ1n) is 11.0. The maximum Gasteiger partial charge on any atom is 0.228 e. The van der Waals surface area contributed by atoms with Gasteiger partial charge in [0.2, 0.25) is 5.91 Å². The number of amides is 1. The molecule has 0 aliphatic carbocycles. The Morgan fingerprint density at radius 1 is 0.970 bits per heavy atom. The zero-order chi connectivity index (χ0) is 22.8. The van der Waals surface area contributed by atoms with Crippen LogP contribution in [0.2, 0.25) is 0 Å². The molecule has 1 unspecified atom stereocenters. The second-order valence-corrected chi connectivity index (χ2v) is 8.25. The molecule has 0 spiro atoms. The molecular formula is C29H24FNO2. The van der Waals surface area contributed by atoms with Gasteiger partial charge >= 0.3 is 0 Å². The third-order valence-electron chi connectivity index (χ3n) is 6.18. The van der Waals surface area contributed by atoms with Crippen molar-refractivity contribution in [1.82, 2.24) is 0 Å². The summed E-state index contributed by atoms with van der Waals surface area (Å²) in [6.45, 7) is 4.69. The van der Waals surface area contributed by atoms with Crippen LogP contribution in [-0.4, -0.2) is 12.5 Å². The lowest BCUT2D eigenvalue weighted by molar-refractivity contribution is -0.119. The highest BCUT2D eigenvalue weighted by Gasteiger charge is 2.33. The van der Waals surface area contributed by atoms with Crippen molar-refractivity contribution >= 4 is 22.4 Å². The fraction of sp³-hybridized carbons (Fsp3) is 0.138. The molecule has 0 fully saturated rings. The molecule has 1 aliphatic heterocycles. The summed E-state index contributed by atoms with van der Waals surface area (Å²) >= 11 is 0. The maximum atomic E-state index is 13.1. The molecule has 4 aromatic carbocycles. The second kappa shape index (κ2) is 8.91. The van der Waals surface area contributed by atoms with Crippen LogP contribution >= 0.6 is 0 Å². The quantitative estimate of drug-likeness (QED) is 0.318. The number of hydrogen-bond donors (Lipinski definition) is 0. The van der Waals surface area contributed by atoms with Crippen LogP contribution in [0.3, 0.4) is 0 Å². The van der Waals surface area contributed by atoms with E-state index in [-0.39, 0.29) is 17.6 Å². The summed E-state index contributed by atoms with van der Waals surface area (Å²) in [6.07, 6.45) is 2.18. The molecule has 0 bridgehead atoms. The minimum absolute atomic E-state index is 0.0363. The topological polar surface area (TPSA) is 29.5 Å². The van der Waals surface area contributed by atoms with Crippen LogP contribution in [0.25, 0.3) is 10.8 Å². The zero-order valence-electron chi connectivity index (χ0n) is 18.2. The summed E-state index contributed by atoms with van der Waals surface area (Å²) in [7, 11) is 0. The molecule has 164 valence electrons. The van der Waals surface area contributed by atoms with E-state index < -0.39 is 0 Å². The Hall–Kier alpha value is -3.92. The summed E-state index contributed by atoms with van der Waals surface area (Å²) in [4.78, 5) is 14.9. The van der Waals surface area contributed by atoms with Gasteiger partial charge in [0, 0.05) is 24.6 Å². The number of rotatable bonds is 6. The molecule has 1 aliphatic rings. The van der Waals surface area contributed by atoms with E-state index in [1.807, 2.05) is 47.4 Å². The molecule has 3 nitrogen and oxygen atoms in total. The van der Waals surface area contributed by atoms with Gasteiger partial charge in [0.25, 0.3) is 0 Å². The van der Waals surface area contributed by atoms with Gasteiger partial charge in [0.1, 0.15) is 18.2 Å². The van der Waals surface area contributed by atoms with Crippen LogP contribution in [0.1, 0.15) is 29.0 Å². The van der Waals surface area contributed by atoms with E-state index in [0.717, 1.165) is 33.3 Å². The molecule has 33 heavy (non-hydrogen) atoms. The molecule has 1 heterocycles. The van der Waals surface area contributed by atoms with E-state index in [2.05, 4.69) is 24.8 Å². The molecule has 0 saturated carbocycles. The second-order valence-electron chi connectivity index (χ2n) is 8.25. The number of carbonyl (C=O) groups is 1. The van der Waals surface area contributed by atoms with E-state index in [1.165, 1.54) is 17.7 Å². The van der Waals surface area contributed by atoms with Crippen LogP contribution in [0, 0.1) is 5.82 Å². The predicted octanol–water partition coefficient (Wildman–Crippen LogP) is 6.61. The third kappa shape index (κ3) is 4.12. The maximum absolute atomic E-state index is 13.1. The number of halogens is 1. The van der Waals surface area contributed by atoms with E-state index in [4.69, 9.17) is 4.74 Å². The molecule has 0 radical (unpaired) electrons. The number of anilines is 1. The van der Waals surface area contributed by atoms with Gasteiger partial charge in [0.05, 0.1) is 0 Å². The SMILES string of the molecule is C=CCN1C(=O)CC(c2ccc(OCc3ccc(F)cc3)cc2)c2c1ccc1ccccc21. The number of benzene rings is 4. The van der Waals surface area contributed by atoms with Gasteiger partial charge in [-0.2, -0.15) is 0 Å². The molecule has 0 N–H and O–H groups in total. The first-order chi connectivity index (χ1) is 16.1. The highest BCUT2D eigenvalue weighted by Crippen LogP contribution is 2.44. The Bertz CT molecular complexity index is 1310. The average molecular weight is 438 g/mol. The highest BCUT2D eigenvalue weighted by molar-refractivity contribution is 6.03. The normalized spacial score (nSPS) is 15.4. The van der Waals surface area contributed by atoms with E-state index in [9.17, 15) is 9.18 Å². The van der Waals surface area contributed by atoms with Crippen LogP contribution in [0.4, 0.5) is 10.1 Å². The Morgan fingerprint density at radius 2 is 1.73 bits per heavy atom. The van der Waals surface area contributed by atoms with Crippen molar-refractivity contribution in [3.63, 3.8) is 0 Å². The van der Waals surface area contributed by atoms with E-state index in [1.54, 1.807) is 18.2 Å². The Balaban J connectivity index is 1.47. The number of hydrogen-bond acceptors (Lipinski definition) is 2. The van der Waals surface area contributed by atoms with Crippen LogP contribution < -0.4 is 9.64 Å². The van der Waals surface area contributed by atoms with Crippen molar-refractivity contribution < 1.29 is 13.9 Å². The van der Waals surface area contributed by atoms with Gasteiger partial charge in [-0.05, 0) is 57.8 Å². The van der Waals surface area contributed by atoms with Gasteiger partial charge in [-0.1, -0.05) is 60.7 Å². The number of carbonyl (C=O) groups excluding carboxylic acids is 1. The largest absolute Gasteiger partial charge is 0.489 e. The highest BCUT2D eigenvalue weighted by atomic mass is 19.1. The summed E-state index contributed by atoms with van der Waals surface area (Å²) in [6, 6.07) is 26.7. The fourth-order valence-corrected chi connectivity index (χ4v) is 4.56. The minimum atomic E-state index is -0.260. The predicted molar refractivity (Wildman–Crippen MR) is 130 cm³/mol. The fourth-order valence-electron chi connectivity index (χ4n) is 4.56. The third-order valence-corrected chi connectivity index (χ3v) is 6.18. The van der Waals surface area contributed by atoms with Crippen LogP contribution in [0.5, 0.6) is 5.75 Å². The van der Waals surface area contributed by atoms with Crippen molar-refractivity contribution in [1.29, 1.82) is 0 Å². The molecule has 0 aromatic heterocycles. The molecule has 0 saturated heterocycles. The average Bonchev–Trinajstić information content (AvgIpc) is 2.85. The minimum Gasteiger partial charge on any atom is -0.489 e. The molecular weight excluding hydrogens is 413 g/mol. The Kier molecular flexibility index (Phi) is 5.66. The molecule has 4 heteroatoms. The van der Waals surface area contributed by atoms with Crippen molar-refractivity contribution in [3.05, 3.63) is 120 Å². The summed E-state index contributed by atoms with van der Waals surface area (Å²) in [5, 5.41) is 2.33. The monoisotopic (exact) mass is 437 g/mol. The number of ether oxygens (including phenoxy) is 1. The van der Waals surface area contributed by atoms with Crippen molar-refractivity contribution in [3.8, 4) is 5.75 Å². The standard InChI is InChI=1S/C29H24FNO2/c1-2-17-31-27-16-11-21-5-3-4-6-25(21)29(27)26(18-28(31)32)22-9-14-24(15-10-22)33-19-20-7-12-23(30)13-8-20/h2-16,26H,1,17-19H2. The van der Waals surface area contributed by atoms with Crippen LogP contribution in [0.15, 0.2) is 97.6 Å². The van der Waals surface area contributed by atoms with E-state index in [0.29, 0.717) is 19.6 Å². The first kappa shape index (κ1) is 21.0. The van der Waals surface area contributed by atoms with Gasteiger partial charge in [-0.15, -0.1) is 6.58 Å². The summed E-state index contributed by atoms with van der Waals surface area (Å²) in [5.74, 6) is 0.534. The summed E-state index contributed by atoms with van der Waals surface area (Å²) in [5.41, 5.74) is 4.11. The molecule has 4 aromatic rings. The lowest BCUT2D eigenvalue weighted by Crippen LogP contribution is -2.37. The first-order valence-corrected chi connectivity index (χ1v) is 11.0. The Labute approximate surface area is 192 Å². The van der Waals surface area contributed by atoms with Crippen LogP contribution in [-0.2, 0) is 11.4 Å². The summed E-state index contributed by atoms with van der Waals surface area (Å²) < 4.78 is 19.0. The van der Waals surface area contributed by atoms with Gasteiger partial charge in [-0.25, -0.2) is 4.39 Å². The lowest BCUT2D eigenvalue weighted by Gasteiger charge is -2.35. The molecule has 1 atom stereocenters. The smallest absolute Gasteiger partial charge is 0.228 e. The van der Waals surface area contributed by atoms with E-state index >= 15 is 0 Å². The zero-order valence-corrected chi connectivity index (χ0v) is 18.2. The van der Waals surface area contributed by atoms with Crippen molar-refractivity contribution in [2.45, 2.75) is 18.9 Å². The van der Waals surface area contributed by atoms with Crippen molar-refractivity contribution in [2.75, 3.05) is 11.4 Å². The van der Waals surface area contributed by atoms with Crippen molar-refractivity contribution in [2.24, 2.45) is 0 Å². The number of fused-ring (bicyclic) bond motifs is 3.